The van der Waals surface area contributed by atoms with Crippen molar-refractivity contribution >= 4 is 18.5 Å². The van der Waals surface area contributed by atoms with E-state index in [9.17, 15) is 4.79 Å². The molecule has 0 aliphatic rings. The minimum atomic E-state index is -0.100. The Hall–Kier alpha value is -1.81. The Morgan fingerprint density at radius 3 is 2.79 bits per heavy atom. The van der Waals surface area contributed by atoms with Crippen LogP contribution in [-0.2, 0) is 6.54 Å². The number of carbonyl (C=O) groups excluding carboxylic acids is 1. The zero-order valence-corrected chi connectivity index (χ0v) is 11.9. The maximum atomic E-state index is 12.1. The zero-order valence-electron chi connectivity index (χ0n) is 11.0. The highest BCUT2D eigenvalue weighted by Gasteiger charge is 2.09. The smallest absolute Gasteiger partial charge is 0.251 e. The van der Waals surface area contributed by atoms with Crippen molar-refractivity contribution in [1.29, 1.82) is 0 Å². The molecule has 0 unspecified atom stereocenters. The van der Waals surface area contributed by atoms with Gasteiger partial charge in [-0.1, -0.05) is 12.1 Å². The first-order valence-electron chi connectivity index (χ1n) is 6.06. The second-order valence-electron chi connectivity index (χ2n) is 4.45. The van der Waals surface area contributed by atoms with Gasteiger partial charge in [-0.3, -0.25) is 9.78 Å². The van der Waals surface area contributed by atoms with Gasteiger partial charge >= 0.3 is 0 Å². The Morgan fingerprint density at radius 2 is 2.05 bits per heavy atom. The van der Waals surface area contributed by atoms with E-state index in [0.717, 1.165) is 21.8 Å². The van der Waals surface area contributed by atoms with Crippen molar-refractivity contribution in [2.24, 2.45) is 0 Å². The Bertz CT molecular complexity index is 611. The number of benzene rings is 1. The summed E-state index contributed by atoms with van der Waals surface area (Å²) >= 11 is 4.26. The number of carbonyl (C=O) groups is 1. The molecule has 4 heteroatoms. The van der Waals surface area contributed by atoms with Crippen molar-refractivity contribution in [3.63, 3.8) is 0 Å². The monoisotopic (exact) mass is 272 g/mol. The van der Waals surface area contributed by atoms with Crippen molar-refractivity contribution in [1.82, 2.24) is 10.3 Å². The van der Waals surface area contributed by atoms with E-state index < -0.39 is 0 Å². The molecule has 19 heavy (non-hydrogen) atoms. The molecule has 2 aromatic rings. The minimum Gasteiger partial charge on any atom is -0.346 e. The predicted octanol–water partition coefficient (Wildman–Crippen LogP) is 2.92. The van der Waals surface area contributed by atoms with Crippen LogP contribution >= 0.6 is 12.6 Å². The molecule has 0 aliphatic heterocycles. The van der Waals surface area contributed by atoms with Crippen molar-refractivity contribution in [2.75, 3.05) is 0 Å². The molecule has 0 atom stereocenters. The molecule has 0 saturated heterocycles. The highest BCUT2D eigenvalue weighted by Crippen LogP contribution is 2.14. The normalized spacial score (nSPS) is 10.3. The van der Waals surface area contributed by atoms with Gasteiger partial charge in [0.2, 0.25) is 0 Å². The fourth-order valence-electron chi connectivity index (χ4n) is 1.82. The number of nitrogens with one attached hydrogen (secondary N) is 1. The number of amides is 1. The van der Waals surface area contributed by atoms with Crippen LogP contribution < -0.4 is 5.32 Å². The summed E-state index contributed by atoms with van der Waals surface area (Å²) in [5, 5.41) is 2.88. The molecule has 0 radical (unpaired) electrons. The van der Waals surface area contributed by atoms with E-state index in [4.69, 9.17) is 0 Å². The van der Waals surface area contributed by atoms with Crippen LogP contribution in [0.4, 0.5) is 0 Å². The average Bonchev–Trinajstić information content (AvgIpc) is 2.39. The van der Waals surface area contributed by atoms with Gasteiger partial charge < -0.3 is 5.32 Å². The van der Waals surface area contributed by atoms with Crippen LogP contribution in [0.15, 0.2) is 41.3 Å². The lowest BCUT2D eigenvalue weighted by Crippen LogP contribution is -2.24. The summed E-state index contributed by atoms with van der Waals surface area (Å²) in [6, 6.07) is 11.3. The molecular weight excluding hydrogens is 256 g/mol. The standard InChI is InChI=1S/C15H16N2OS/c1-10-6-7-13(19)8-14(10)15(18)16-9-12-5-3-4-11(2)17-12/h3-8,19H,9H2,1-2H3,(H,16,18). The molecule has 2 rings (SSSR count). The van der Waals surface area contributed by atoms with Gasteiger partial charge in [0.25, 0.3) is 5.91 Å². The summed E-state index contributed by atoms with van der Waals surface area (Å²) in [5.41, 5.74) is 3.39. The number of thiol groups is 1. The number of hydrogen-bond acceptors (Lipinski definition) is 3. The zero-order chi connectivity index (χ0) is 13.8. The van der Waals surface area contributed by atoms with Gasteiger partial charge in [0, 0.05) is 16.2 Å². The molecule has 1 aromatic heterocycles. The summed E-state index contributed by atoms with van der Waals surface area (Å²) in [6.07, 6.45) is 0. The number of hydrogen-bond donors (Lipinski definition) is 2. The summed E-state index contributed by atoms with van der Waals surface area (Å²) in [6.45, 7) is 4.27. The fraction of sp³-hybridized carbons (Fsp3) is 0.200. The molecule has 98 valence electrons. The van der Waals surface area contributed by atoms with E-state index in [1.807, 2.05) is 44.2 Å². The van der Waals surface area contributed by atoms with Crippen molar-refractivity contribution in [3.05, 3.63) is 58.9 Å². The molecule has 1 heterocycles. The van der Waals surface area contributed by atoms with Crippen LogP contribution in [0, 0.1) is 13.8 Å². The summed E-state index contributed by atoms with van der Waals surface area (Å²) in [5.74, 6) is -0.100. The maximum absolute atomic E-state index is 12.1. The van der Waals surface area contributed by atoms with E-state index in [1.165, 1.54) is 0 Å². The lowest BCUT2D eigenvalue weighted by molar-refractivity contribution is 0.0949. The Morgan fingerprint density at radius 1 is 1.26 bits per heavy atom. The van der Waals surface area contributed by atoms with Gasteiger partial charge in [0.05, 0.1) is 12.2 Å². The van der Waals surface area contributed by atoms with Gasteiger partial charge in [-0.05, 0) is 43.7 Å². The fourth-order valence-corrected chi connectivity index (χ4v) is 2.02. The van der Waals surface area contributed by atoms with Crippen LogP contribution in [0.25, 0.3) is 0 Å². The Labute approximate surface area is 118 Å². The maximum Gasteiger partial charge on any atom is 0.251 e. The number of nitrogens with zero attached hydrogens (tertiary/aromatic N) is 1. The van der Waals surface area contributed by atoms with E-state index in [2.05, 4.69) is 22.9 Å². The molecule has 1 amide bonds. The molecule has 0 spiro atoms. The Kier molecular flexibility index (Phi) is 4.22. The molecule has 3 nitrogen and oxygen atoms in total. The molecule has 0 aliphatic carbocycles. The van der Waals surface area contributed by atoms with Crippen LogP contribution in [-0.4, -0.2) is 10.9 Å². The molecule has 0 bridgehead atoms. The van der Waals surface area contributed by atoms with Crippen LogP contribution in [0.3, 0.4) is 0 Å². The SMILES string of the molecule is Cc1cccc(CNC(=O)c2cc(S)ccc2C)n1. The summed E-state index contributed by atoms with van der Waals surface area (Å²) < 4.78 is 0. The average molecular weight is 272 g/mol. The molecule has 0 saturated carbocycles. The second kappa shape index (κ2) is 5.89. The van der Waals surface area contributed by atoms with Gasteiger partial charge in [-0.2, -0.15) is 0 Å². The summed E-state index contributed by atoms with van der Waals surface area (Å²) in [4.78, 5) is 17.2. The van der Waals surface area contributed by atoms with Crippen molar-refractivity contribution < 1.29 is 4.79 Å². The van der Waals surface area contributed by atoms with E-state index >= 15 is 0 Å². The van der Waals surface area contributed by atoms with Gasteiger partial charge in [-0.15, -0.1) is 12.6 Å². The first kappa shape index (κ1) is 13.6. The van der Waals surface area contributed by atoms with Gasteiger partial charge in [-0.25, -0.2) is 0 Å². The molecular formula is C15H16N2OS. The topological polar surface area (TPSA) is 42.0 Å². The lowest BCUT2D eigenvalue weighted by atomic mass is 10.1. The molecule has 1 aromatic carbocycles. The minimum absolute atomic E-state index is 0.100. The largest absolute Gasteiger partial charge is 0.346 e. The van der Waals surface area contributed by atoms with E-state index in [1.54, 1.807) is 6.07 Å². The van der Waals surface area contributed by atoms with E-state index in [0.29, 0.717) is 12.1 Å². The van der Waals surface area contributed by atoms with Crippen LogP contribution in [0.2, 0.25) is 0 Å². The third-order valence-corrected chi connectivity index (χ3v) is 3.12. The summed E-state index contributed by atoms with van der Waals surface area (Å²) in [7, 11) is 0. The van der Waals surface area contributed by atoms with Gasteiger partial charge in [0.1, 0.15) is 0 Å². The first-order valence-corrected chi connectivity index (χ1v) is 6.51. The third-order valence-electron chi connectivity index (χ3n) is 2.84. The predicted molar refractivity (Wildman–Crippen MR) is 78.6 cm³/mol. The second-order valence-corrected chi connectivity index (χ2v) is 4.97. The van der Waals surface area contributed by atoms with Gasteiger partial charge in [0.15, 0.2) is 0 Å². The number of rotatable bonds is 3. The first-order chi connectivity index (χ1) is 9.06. The third kappa shape index (κ3) is 3.58. The van der Waals surface area contributed by atoms with Crippen molar-refractivity contribution in [3.8, 4) is 0 Å². The number of pyridine rings is 1. The lowest BCUT2D eigenvalue weighted by Gasteiger charge is -2.08. The molecule has 1 N–H and O–H groups in total. The molecule has 0 fully saturated rings. The number of aryl methyl sites for hydroxylation is 2. The highest BCUT2D eigenvalue weighted by atomic mass is 32.1. The van der Waals surface area contributed by atoms with Crippen molar-refractivity contribution in [2.45, 2.75) is 25.3 Å². The van der Waals surface area contributed by atoms with E-state index in [-0.39, 0.29) is 5.91 Å². The van der Waals surface area contributed by atoms with Crippen LogP contribution in [0.1, 0.15) is 27.3 Å². The Balaban J connectivity index is 2.07. The van der Waals surface area contributed by atoms with Crippen LogP contribution in [0.5, 0.6) is 0 Å². The number of aromatic nitrogens is 1. The quantitative estimate of drug-likeness (QED) is 0.844. The highest BCUT2D eigenvalue weighted by molar-refractivity contribution is 7.80.